The average Bonchev–Trinajstić information content (AvgIpc) is 1.56. The number of aromatic nitrogens is 4. The summed E-state index contributed by atoms with van der Waals surface area (Å²) < 4.78 is 9.57. The summed E-state index contributed by atoms with van der Waals surface area (Å²) in [5.74, 6) is 0. The van der Waals surface area contributed by atoms with Gasteiger partial charge in [0, 0.05) is 65.8 Å². The molecule has 22 rings (SSSR count). The molecular formula is C104H68N4. The highest BCUT2D eigenvalue weighted by molar-refractivity contribution is 6.17. The summed E-state index contributed by atoms with van der Waals surface area (Å²) in [6.45, 7) is 0. The number of para-hydroxylation sites is 6. The maximum atomic E-state index is 2.41. The average molecular weight is 1370 g/mol. The Morgan fingerprint density at radius 2 is 0.370 bits per heavy atom. The molecular weight excluding hydrogens is 1310 g/mol. The Bertz CT molecular complexity index is 7180. The van der Waals surface area contributed by atoms with Crippen LogP contribution in [0.1, 0.15) is 0 Å². The van der Waals surface area contributed by atoms with Gasteiger partial charge in [0.1, 0.15) is 0 Å². The fraction of sp³-hybridized carbons (Fsp3) is 0. The van der Waals surface area contributed by atoms with Gasteiger partial charge in [-0.25, -0.2) is 0 Å². The first-order valence-electron chi connectivity index (χ1n) is 37.2. The van der Waals surface area contributed by atoms with Gasteiger partial charge in [-0.15, -0.1) is 0 Å². The van der Waals surface area contributed by atoms with Gasteiger partial charge >= 0.3 is 0 Å². The van der Waals surface area contributed by atoms with Crippen LogP contribution in [0.15, 0.2) is 413 Å². The number of benzene rings is 18. The fourth-order valence-corrected chi connectivity index (χ4v) is 17.2. The maximum Gasteiger partial charge on any atom is 0.0541 e. The zero-order valence-electron chi connectivity index (χ0n) is 59.0. The molecule has 0 N–H and O–H groups in total. The molecule has 4 heteroatoms. The Hall–Kier alpha value is -14.3. The van der Waals surface area contributed by atoms with Crippen molar-refractivity contribution in [2.45, 2.75) is 0 Å². The van der Waals surface area contributed by atoms with Gasteiger partial charge < -0.3 is 18.3 Å². The minimum absolute atomic E-state index is 1.14. The summed E-state index contributed by atoms with van der Waals surface area (Å²) in [6.07, 6.45) is 0. The van der Waals surface area contributed by atoms with Crippen molar-refractivity contribution in [2.75, 3.05) is 0 Å². The number of rotatable bonds is 10. The van der Waals surface area contributed by atoms with Gasteiger partial charge in [0.25, 0.3) is 0 Å². The van der Waals surface area contributed by atoms with E-state index in [0.29, 0.717) is 0 Å². The Labute approximate surface area is 625 Å². The third-order valence-corrected chi connectivity index (χ3v) is 22.2. The molecule has 0 aliphatic carbocycles. The van der Waals surface area contributed by atoms with Gasteiger partial charge in [0.05, 0.1) is 44.1 Å². The molecule has 4 heterocycles. The van der Waals surface area contributed by atoms with Crippen LogP contribution < -0.4 is 0 Å². The second-order valence-electron chi connectivity index (χ2n) is 28.3. The third-order valence-electron chi connectivity index (χ3n) is 22.2. The summed E-state index contributed by atoms with van der Waals surface area (Å²) in [7, 11) is 0. The van der Waals surface area contributed by atoms with E-state index in [1.807, 2.05) is 0 Å². The van der Waals surface area contributed by atoms with E-state index in [4.69, 9.17) is 0 Å². The Morgan fingerprint density at radius 1 is 0.120 bits per heavy atom. The molecule has 0 unspecified atom stereocenters. The molecule has 22 aromatic rings. The van der Waals surface area contributed by atoms with Gasteiger partial charge in [-0.05, 0) is 234 Å². The van der Waals surface area contributed by atoms with Crippen LogP contribution >= 0.6 is 0 Å². The molecule has 0 saturated carbocycles. The summed E-state index contributed by atoms with van der Waals surface area (Å²) in [4.78, 5) is 0. The monoisotopic (exact) mass is 1370 g/mol. The van der Waals surface area contributed by atoms with Crippen molar-refractivity contribution in [3.05, 3.63) is 413 Å². The van der Waals surface area contributed by atoms with E-state index in [1.54, 1.807) is 0 Å². The fourth-order valence-electron chi connectivity index (χ4n) is 17.2. The zero-order chi connectivity index (χ0) is 71.2. The van der Waals surface area contributed by atoms with Gasteiger partial charge in [-0.1, -0.05) is 267 Å². The van der Waals surface area contributed by atoms with E-state index in [2.05, 4.69) is 431 Å². The van der Waals surface area contributed by atoms with E-state index in [-0.39, 0.29) is 0 Å². The minimum Gasteiger partial charge on any atom is -0.309 e. The SMILES string of the molecule is c1ccc(-c2cc(-c3ccccc3)cc(-c3ccc(-n4c5ccccc5c5cc(-c6ccc7c(c6)c6ccccc6n7-c6ccccc6)ccc54)cc3)c2)cc1.c1ccc(-n2c3ccccc3c3cc(-c4ccc5c(c4)c4ccccc4n5-c4ccc(-c5cc6ccccc6c6ccccc56)cc4)ccc32)cc1. The van der Waals surface area contributed by atoms with Crippen molar-refractivity contribution in [3.63, 3.8) is 0 Å². The quantitative estimate of drug-likeness (QED) is 0.122. The van der Waals surface area contributed by atoms with Crippen molar-refractivity contribution in [3.8, 4) is 89.5 Å². The first kappa shape index (κ1) is 62.3. The highest BCUT2D eigenvalue weighted by Crippen LogP contribution is 2.44. The van der Waals surface area contributed by atoms with E-state index >= 15 is 0 Å². The van der Waals surface area contributed by atoms with Crippen LogP contribution in [0.25, 0.3) is 198 Å². The minimum atomic E-state index is 1.14. The zero-order valence-corrected chi connectivity index (χ0v) is 59.0. The molecule has 0 amide bonds. The van der Waals surface area contributed by atoms with Crippen LogP contribution in [0.5, 0.6) is 0 Å². The maximum absolute atomic E-state index is 2.41. The molecule has 0 aliphatic heterocycles. The molecule has 108 heavy (non-hydrogen) atoms. The van der Waals surface area contributed by atoms with Crippen LogP contribution in [0, 0.1) is 0 Å². The van der Waals surface area contributed by atoms with Crippen molar-refractivity contribution in [2.24, 2.45) is 0 Å². The molecule has 0 radical (unpaired) electrons. The molecule has 18 aromatic carbocycles. The second-order valence-corrected chi connectivity index (χ2v) is 28.3. The lowest BCUT2D eigenvalue weighted by Crippen LogP contribution is -1.94. The Morgan fingerprint density at radius 3 is 0.731 bits per heavy atom. The number of hydrogen-bond acceptors (Lipinski definition) is 0. The van der Waals surface area contributed by atoms with Gasteiger partial charge in [-0.2, -0.15) is 0 Å². The third kappa shape index (κ3) is 10.5. The molecule has 0 aliphatic rings. The first-order chi connectivity index (χ1) is 53.6. The standard InChI is InChI=1S/C54H36N2.C50H32N2/c1-4-14-37(15-5-1)42-32-43(38-16-6-2-7-17-38)34-44(33-42)39-24-28-46(29-25-39)56-52-23-13-11-21-48(52)50-36-41(27-31-54(50)56)40-26-30-53-49(35-40)47-20-10-12-22-51(47)55(53)45-18-8-3-9-19-45;1-2-13-37(14-3-1)51-47-20-10-8-18-42(47)45-30-34(24-28-49(45)51)35-25-29-50-46(31-35)43-19-9-11-21-48(43)52(50)38-26-22-33(23-27-38)44-32-36-12-4-5-15-39(36)40-16-6-7-17-41(40)44/h1-36H;1-32H. The topological polar surface area (TPSA) is 19.7 Å². The molecule has 0 saturated heterocycles. The number of fused-ring (bicyclic) bond motifs is 15. The molecule has 0 atom stereocenters. The van der Waals surface area contributed by atoms with Crippen LogP contribution in [-0.4, -0.2) is 18.3 Å². The van der Waals surface area contributed by atoms with Crippen LogP contribution in [0.3, 0.4) is 0 Å². The molecule has 0 fully saturated rings. The largest absolute Gasteiger partial charge is 0.309 e. The predicted molar refractivity (Wildman–Crippen MR) is 458 cm³/mol. The smallest absolute Gasteiger partial charge is 0.0541 e. The number of hydrogen-bond donors (Lipinski definition) is 0. The van der Waals surface area contributed by atoms with Crippen LogP contribution in [0.4, 0.5) is 0 Å². The Kier molecular flexibility index (Phi) is 14.9. The predicted octanol–water partition coefficient (Wildman–Crippen LogP) is 28.1. The lowest BCUT2D eigenvalue weighted by molar-refractivity contribution is 1.18. The lowest BCUT2D eigenvalue weighted by atomic mass is 9.93. The Balaban J connectivity index is 0.000000138. The summed E-state index contributed by atoms with van der Waals surface area (Å²) >= 11 is 0. The van der Waals surface area contributed by atoms with Crippen molar-refractivity contribution in [1.82, 2.24) is 18.3 Å². The van der Waals surface area contributed by atoms with Crippen LogP contribution in [0.2, 0.25) is 0 Å². The summed E-state index contributed by atoms with van der Waals surface area (Å²) in [5.41, 5.74) is 28.9. The number of nitrogens with zero attached hydrogens (tertiary/aromatic N) is 4. The van der Waals surface area contributed by atoms with E-state index in [1.165, 1.54) is 187 Å². The second kappa shape index (κ2) is 25.8. The summed E-state index contributed by atoms with van der Waals surface area (Å²) in [6, 6.07) is 150. The highest BCUT2D eigenvalue weighted by Gasteiger charge is 2.21. The van der Waals surface area contributed by atoms with Crippen molar-refractivity contribution < 1.29 is 0 Å². The van der Waals surface area contributed by atoms with E-state index < -0.39 is 0 Å². The molecule has 0 bridgehead atoms. The first-order valence-corrected chi connectivity index (χ1v) is 37.2. The van der Waals surface area contributed by atoms with E-state index in [9.17, 15) is 0 Å². The van der Waals surface area contributed by atoms with Crippen molar-refractivity contribution in [1.29, 1.82) is 0 Å². The van der Waals surface area contributed by atoms with Gasteiger partial charge in [0.15, 0.2) is 0 Å². The molecule has 0 spiro atoms. The normalized spacial score (nSPS) is 11.7. The van der Waals surface area contributed by atoms with Gasteiger partial charge in [-0.3, -0.25) is 0 Å². The molecule has 4 nitrogen and oxygen atoms in total. The lowest BCUT2D eigenvalue weighted by Gasteiger charge is -2.13. The molecule has 504 valence electrons. The van der Waals surface area contributed by atoms with Gasteiger partial charge in [0.2, 0.25) is 0 Å². The molecule has 4 aromatic heterocycles. The van der Waals surface area contributed by atoms with Crippen LogP contribution in [-0.2, 0) is 0 Å². The van der Waals surface area contributed by atoms with Crippen molar-refractivity contribution >= 4 is 109 Å². The highest BCUT2D eigenvalue weighted by atomic mass is 15.0. The summed E-state index contributed by atoms with van der Waals surface area (Å²) in [5, 5.41) is 15.2. The van der Waals surface area contributed by atoms with E-state index in [0.717, 1.165) is 11.4 Å².